The summed E-state index contributed by atoms with van der Waals surface area (Å²) < 4.78 is 0. The first-order valence-corrected chi connectivity index (χ1v) is 24.3. The molecule has 0 atom stereocenters. The molecular weight excluding hydrogens is 725 g/mol. The van der Waals surface area contributed by atoms with Crippen molar-refractivity contribution in [2.75, 3.05) is 0 Å². The molecule has 312 valence electrons. The van der Waals surface area contributed by atoms with Gasteiger partial charge in [-0.2, -0.15) is 0 Å². The minimum atomic E-state index is 1.18. The van der Waals surface area contributed by atoms with Crippen molar-refractivity contribution in [2.45, 2.75) is 155 Å². The van der Waals surface area contributed by atoms with Crippen molar-refractivity contribution in [3.05, 3.63) is 120 Å². The SMILES string of the molecule is CCCCCCCCCCCCc1ccc(-c2cc3c(ccc4c3ccc3c5ccc6[nH]c(-c7ccc(CCCCCCCCCCCC)cc7)cc6c5ccc43)[nH]2)cc1. The van der Waals surface area contributed by atoms with Gasteiger partial charge in [-0.25, -0.2) is 0 Å². The van der Waals surface area contributed by atoms with Gasteiger partial charge >= 0.3 is 0 Å². The van der Waals surface area contributed by atoms with E-state index in [1.807, 2.05) is 0 Å². The third-order valence-corrected chi connectivity index (χ3v) is 13.6. The largest absolute Gasteiger partial charge is 0.355 e. The average Bonchev–Trinajstić information content (AvgIpc) is 3.94. The molecule has 60 heavy (non-hydrogen) atoms. The molecule has 0 amide bonds. The summed E-state index contributed by atoms with van der Waals surface area (Å²) in [5, 5.41) is 10.4. The number of rotatable bonds is 24. The molecule has 0 fully saturated rings. The minimum Gasteiger partial charge on any atom is -0.355 e. The summed E-state index contributed by atoms with van der Waals surface area (Å²) in [5.74, 6) is 0. The van der Waals surface area contributed by atoms with Crippen molar-refractivity contribution >= 4 is 54.1 Å². The summed E-state index contributed by atoms with van der Waals surface area (Å²) in [6.45, 7) is 4.59. The average molecular weight is 795 g/mol. The fraction of sp³-hybridized carbons (Fsp3) is 0.414. The Bertz CT molecular complexity index is 2380. The predicted molar refractivity (Wildman–Crippen MR) is 265 cm³/mol. The van der Waals surface area contributed by atoms with Crippen LogP contribution in [0, 0.1) is 0 Å². The molecule has 0 saturated carbocycles. The van der Waals surface area contributed by atoms with Gasteiger partial charge in [0.15, 0.2) is 0 Å². The van der Waals surface area contributed by atoms with E-state index in [0.717, 1.165) is 0 Å². The van der Waals surface area contributed by atoms with Gasteiger partial charge in [0.1, 0.15) is 0 Å². The Kier molecular flexibility index (Phi) is 14.7. The van der Waals surface area contributed by atoms with E-state index in [1.165, 1.54) is 229 Å². The van der Waals surface area contributed by atoms with Gasteiger partial charge in [-0.15, -0.1) is 0 Å². The summed E-state index contributed by atoms with van der Waals surface area (Å²) in [6.07, 6.45) is 30.1. The van der Waals surface area contributed by atoms with Crippen molar-refractivity contribution in [3.8, 4) is 22.5 Å². The van der Waals surface area contributed by atoms with Gasteiger partial charge in [-0.05, 0) is 105 Å². The molecule has 2 heterocycles. The fourth-order valence-electron chi connectivity index (χ4n) is 9.91. The Morgan fingerprint density at radius 3 is 0.900 bits per heavy atom. The Labute approximate surface area is 360 Å². The number of H-pyrrole nitrogens is 2. The molecule has 0 unspecified atom stereocenters. The third kappa shape index (κ3) is 10.2. The van der Waals surface area contributed by atoms with E-state index in [1.54, 1.807) is 0 Å². The molecule has 2 nitrogen and oxygen atoms in total. The van der Waals surface area contributed by atoms with Crippen LogP contribution < -0.4 is 0 Å². The van der Waals surface area contributed by atoms with E-state index in [-0.39, 0.29) is 0 Å². The Morgan fingerprint density at radius 1 is 0.283 bits per heavy atom. The highest BCUT2D eigenvalue weighted by Gasteiger charge is 2.13. The maximum absolute atomic E-state index is 3.75. The lowest BCUT2D eigenvalue weighted by atomic mass is 9.94. The molecule has 8 aromatic rings. The highest BCUT2D eigenvalue weighted by Crippen LogP contribution is 2.39. The normalized spacial score (nSPS) is 12.0. The highest BCUT2D eigenvalue weighted by molar-refractivity contribution is 6.25. The molecule has 8 rings (SSSR count). The van der Waals surface area contributed by atoms with Crippen LogP contribution in [0.4, 0.5) is 0 Å². The maximum Gasteiger partial charge on any atom is 0.0465 e. The summed E-state index contributed by atoms with van der Waals surface area (Å²) in [6, 6.07) is 41.9. The number of benzene rings is 6. The van der Waals surface area contributed by atoms with Crippen LogP contribution in [0.2, 0.25) is 0 Å². The molecule has 0 spiro atoms. The van der Waals surface area contributed by atoms with Gasteiger partial charge in [0.2, 0.25) is 0 Å². The zero-order valence-electron chi connectivity index (χ0n) is 36.9. The summed E-state index contributed by atoms with van der Waals surface area (Å²) in [7, 11) is 0. The van der Waals surface area contributed by atoms with Gasteiger partial charge in [-0.3, -0.25) is 0 Å². The lowest BCUT2D eigenvalue weighted by Crippen LogP contribution is -1.87. The first-order chi connectivity index (χ1) is 29.7. The van der Waals surface area contributed by atoms with E-state index in [2.05, 4.69) is 133 Å². The molecule has 0 saturated heterocycles. The van der Waals surface area contributed by atoms with Crippen LogP contribution in [0.25, 0.3) is 76.6 Å². The second-order valence-corrected chi connectivity index (χ2v) is 18.1. The van der Waals surface area contributed by atoms with E-state index < -0.39 is 0 Å². The van der Waals surface area contributed by atoms with Crippen LogP contribution in [0.1, 0.15) is 153 Å². The number of aryl methyl sites for hydroxylation is 2. The zero-order chi connectivity index (χ0) is 40.9. The Hall–Kier alpha value is -4.82. The van der Waals surface area contributed by atoms with Crippen LogP contribution in [-0.2, 0) is 12.8 Å². The number of hydrogen-bond donors (Lipinski definition) is 2. The van der Waals surface area contributed by atoms with Crippen molar-refractivity contribution in [3.63, 3.8) is 0 Å². The Balaban J connectivity index is 0.903. The zero-order valence-corrected chi connectivity index (χ0v) is 36.9. The van der Waals surface area contributed by atoms with Crippen molar-refractivity contribution < 1.29 is 0 Å². The third-order valence-electron chi connectivity index (χ3n) is 13.6. The molecule has 0 aliphatic carbocycles. The molecule has 2 N–H and O–H groups in total. The fourth-order valence-corrected chi connectivity index (χ4v) is 9.91. The van der Waals surface area contributed by atoms with Crippen molar-refractivity contribution in [1.29, 1.82) is 0 Å². The number of aromatic amines is 2. The van der Waals surface area contributed by atoms with E-state index in [4.69, 9.17) is 0 Å². The quantitative estimate of drug-likeness (QED) is 0.0451. The van der Waals surface area contributed by atoms with E-state index in [0.29, 0.717) is 0 Å². The van der Waals surface area contributed by atoms with Crippen LogP contribution in [0.3, 0.4) is 0 Å². The summed E-state index contributed by atoms with van der Waals surface area (Å²) in [5.41, 5.74) is 10.2. The first kappa shape index (κ1) is 41.9. The first-order valence-electron chi connectivity index (χ1n) is 24.3. The van der Waals surface area contributed by atoms with Crippen molar-refractivity contribution in [2.24, 2.45) is 0 Å². The lowest BCUT2D eigenvalue weighted by Gasteiger charge is -2.09. The minimum absolute atomic E-state index is 1.18. The molecule has 0 radical (unpaired) electrons. The standard InChI is InChI=1S/C58H70N2/c1-3-5-7-9-11-13-15-17-19-21-23-43-25-29-45(30-26-43)57-41-53-51-35-33-48-47(49(51)37-39-55(53)59-57)34-36-52-50(48)38-40-56-54(52)42-58(60-56)46-31-27-44(28-32-46)24-22-20-18-16-14-12-10-8-6-4-2/h25-42,59-60H,3-24H2,1-2H3. The van der Waals surface area contributed by atoms with Crippen LogP contribution in [0.5, 0.6) is 0 Å². The number of hydrogen-bond acceptors (Lipinski definition) is 0. The molecule has 2 aromatic heterocycles. The lowest BCUT2D eigenvalue weighted by molar-refractivity contribution is 0.556. The maximum atomic E-state index is 3.75. The van der Waals surface area contributed by atoms with Crippen LogP contribution >= 0.6 is 0 Å². The van der Waals surface area contributed by atoms with E-state index in [9.17, 15) is 0 Å². The van der Waals surface area contributed by atoms with E-state index >= 15 is 0 Å². The van der Waals surface area contributed by atoms with Crippen LogP contribution in [0.15, 0.2) is 109 Å². The van der Waals surface area contributed by atoms with Crippen LogP contribution in [-0.4, -0.2) is 9.97 Å². The van der Waals surface area contributed by atoms with Gasteiger partial charge in [0, 0.05) is 33.2 Å². The molecule has 0 bridgehead atoms. The Morgan fingerprint density at radius 2 is 0.567 bits per heavy atom. The molecule has 2 heteroatoms. The number of nitrogens with one attached hydrogen (secondary N) is 2. The van der Waals surface area contributed by atoms with Gasteiger partial charge in [0.25, 0.3) is 0 Å². The molecular formula is C58H70N2. The molecule has 6 aromatic carbocycles. The van der Waals surface area contributed by atoms with Crippen molar-refractivity contribution in [1.82, 2.24) is 9.97 Å². The van der Waals surface area contributed by atoms with Gasteiger partial charge in [-0.1, -0.05) is 214 Å². The summed E-state index contributed by atoms with van der Waals surface area (Å²) in [4.78, 5) is 7.50. The molecule has 0 aliphatic heterocycles. The second-order valence-electron chi connectivity index (χ2n) is 18.1. The topological polar surface area (TPSA) is 31.6 Å². The smallest absolute Gasteiger partial charge is 0.0465 e. The number of fused-ring (bicyclic) bond motifs is 9. The predicted octanol–water partition coefficient (Wildman–Crippen LogP) is 18.4. The number of unbranched alkanes of at least 4 members (excludes halogenated alkanes) is 18. The van der Waals surface area contributed by atoms with Gasteiger partial charge in [0.05, 0.1) is 0 Å². The summed E-state index contributed by atoms with van der Waals surface area (Å²) >= 11 is 0. The highest BCUT2D eigenvalue weighted by atomic mass is 14.7. The monoisotopic (exact) mass is 795 g/mol. The number of aromatic nitrogens is 2. The second kappa shape index (κ2) is 21.1. The van der Waals surface area contributed by atoms with Gasteiger partial charge < -0.3 is 9.97 Å². The molecule has 0 aliphatic rings.